The lowest BCUT2D eigenvalue weighted by molar-refractivity contribution is 0.130. The van der Waals surface area contributed by atoms with Gasteiger partial charge in [-0.2, -0.15) is 5.26 Å². The third kappa shape index (κ3) is 2.08. The van der Waals surface area contributed by atoms with E-state index >= 15 is 0 Å². The molecule has 1 atom stereocenters. The summed E-state index contributed by atoms with van der Waals surface area (Å²) in [6.45, 7) is 3.94. The van der Waals surface area contributed by atoms with E-state index in [4.69, 9.17) is 0 Å². The predicted molar refractivity (Wildman–Crippen MR) is 60.6 cm³/mol. The van der Waals surface area contributed by atoms with Crippen molar-refractivity contribution in [2.45, 2.75) is 6.04 Å². The van der Waals surface area contributed by atoms with Gasteiger partial charge >= 0.3 is 0 Å². The van der Waals surface area contributed by atoms with Crippen molar-refractivity contribution < 1.29 is 0 Å². The van der Waals surface area contributed by atoms with E-state index in [0.29, 0.717) is 0 Å². The van der Waals surface area contributed by atoms with Gasteiger partial charge in [0.15, 0.2) is 0 Å². The Bertz CT molecular complexity index is 383. The third-order valence-electron chi connectivity index (χ3n) is 3.16. The minimum Gasteiger partial charge on any atom is -0.335 e. The van der Waals surface area contributed by atoms with Crippen LogP contribution in [0, 0.1) is 11.3 Å². The molecule has 0 aromatic carbocycles. The molecule has 0 saturated carbocycles. The molecule has 1 aromatic heterocycles. The molecule has 1 aliphatic rings. The number of imidazole rings is 1. The minimum absolute atomic E-state index is 0.166. The van der Waals surface area contributed by atoms with E-state index in [-0.39, 0.29) is 6.04 Å². The number of likely N-dealkylation sites (N-methyl/N-ethyl adjacent to an activating group) is 1. The van der Waals surface area contributed by atoms with Gasteiger partial charge in [-0.05, 0) is 7.05 Å². The Morgan fingerprint density at radius 3 is 2.50 bits per heavy atom. The molecule has 16 heavy (non-hydrogen) atoms. The monoisotopic (exact) mass is 219 g/mol. The van der Waals surface area contributed by atoms with Crippen molar-refractivity contribution >= 4 is 0 Å². The number of rotatable bonds is 2. The highest BCUT2D eigenvalue weighted by atomic mass is 15.3. The maximum absolute atomic E-state index is 9.29. The van der Waals surface area contributed by atoms with Crippen molar-refractivity contribution in [3.8, 4) is 6.07 Å². The fourth-order valence-corrected chi connectivity index (χ4v) is 2.05. The van der Waals surface area contributed by atoms with Crippen LogP contribution in [0.3, 0.4) is 0 Å². The summed E-state index contributed by atoms with van der Waals surface area (Å²) in [6, 6.07) is 2.21. The van der Waals surface area contributed by atoms with Gasteiger partial charge in [0.1, 0.15) is 6.04 Å². The molecule has 2 rings (SSSR count). The van der Waals surface area contributed by atoms with Gasteiger partial charge in [0.05, 0.1) is 24.3 Å². The summed E-state index contributed by atoms with van der Waals surface area (Å²) in [5.41, 5.74) is 0.979. The van der Waals surface area contributed by atoms with E-state index in [1.165, 1.54) is 0 Å². The molecular weight excluding hydrogens is 202 g/mol. The van der Waals surface area contributed by atoms with Crippen molar-refractivity contribution in [3.63, 3.8) is 0 Å². The summed E-state index contributed by atoms with van der Waals surface area (Å²) in [4.78, 5) is 8.58. The highest BCUT2D eigenvalue weighted by molar-refractivity contribution is 5.14. The first kappa shape index (κ1) is 11.1. The Morgan fingerprint density at radius 2 is 2.00 bits per heavy atom. The van der Waals surface area contributed by atoms with Gasteiger partial charge in [0.2, 0.25) is 0 Å². The molecule has 0 aliphatic carbocycles. The smallest absolute Gasteiger partial charge is 0.140 e. The zero-order chi connectivity index (χ0) is 11.5. The van der Waals surface area contributed by atoms with E-state index in [1.54, 1.807) is 12.5 Å². The predicted octanol–water partition coefficient (Wildman–Crippen LogP) is 0.232. The maximum atomic E-state index is 9.29. The number of aromatic nitrogens is 2. The minimum atomic E-state index is -0.166. The lowest BCUT2D eigenvalue weighted by Crippen LogP contribution is -2.45. The van der Waals surface area contributed by atoms with E-state index < -0.39 is 0 Å². The Hall–Kier alpha value is -1.38. The van der Waals surface area contributed by atoms with Crippen molar-refractivity contribution in [1.82, 2.24) is 19.4 Å². The highest BCUT2D eigenvalue weighted by Gasteiger charge is 2.25. The third-order valence-corrected chi connectivity index (χ3v) is 3.16. The molecule has 0 N–H and O–H groups in total. The van der Waals surface area contributed by atoms with E-state index in [9.17, 15) is 5.26 Å². The largest absolute Gasteiger partial charge is 0.335 e. The number of hydrogen-bond acceptors (Lipinski definition) is 4. The Kier molecular flexibility index (Phi) is 3.22. The van der Waals surface area contributed by atoms with Crippen molar-refractivity contribution in [3.05, 3.63) is 18.2 Å². The number of nitriles is 1. The van der Waals surface area contributed by atoms with Gasteiger partial charge in [-0.25, -0.2) is 4.98 Å². The summed E-state index contributed by atoms with van der Waals surface area (Å²) in [6.07, 6.45) is 3.53. The fourth-order valence-electron chi connectivity index (χ4n) is 2.05. The average molecular weight is 219 g/mol. The molecule has 1 fully saturated rings. The first-order valence-electron chi connectivity index (χ1n) is 5.51. The zero-order valence-corrected chi connectivity index (χ0v) is 9.80. The molecule has 86 valence electrons. The van der Waals surface area contributed by atoms with Crippen LogP contribution in [0.15, 0.2) is 12.5 Å². The zero-order valence-electron chi connectivity index (χ0n) is 9.80. The second-order valence-corrected chi connectivity index (χ2v) is 4.30. The van der Waals surface area contributed by atoms with Gasteiger partial charge in [0.25, 0.3) is 0 Å². The maximum Gasteiger partial charge on any atom is 0.140 e. The average Bonchev–Trinajstić information content (AvgIpc) is 2.69. The second kappa shape index (κ2) is 4.64. The standard InChI is InChI=1S/C11H17N5/c1-14-3-5-16(6-4-14)10(7-12)11-8-13-9-15(11)2/h8-10H,3-6H2,1-2H3. The van der Waals surface area contributed by atoms with E-state index in [2.05, 4.69) is 27.9 Å². The molecule has 2 heterocycles. The van der Waals surface area contributed by atoms with Crippen LogP contribution < -0.4 is 0 Å². The number of nitrogens with zero attached hydrogens (tertiary/aromatic N) is 5. The van der Waals surface area contributed by atoms with Crippen LogP contribution in [0.5, 0.6) is 0 Å². The number of piperazine rings is 1. The molecule has 0 bridgehead atoms. The summed E-state index contributed by atoms with van der Waals surface area (Å²) in [5, 5.41) is 9.29. The van der Waals surface area contributed by atoms with Gasteiger partial charge in [-0.1, -0.05) is 0 Å². The van der Waals surface area contributed by atoms with Gasteiger partial charge < -0.3 is 9.47 Å². The van der Waals surface area contributed by atoms with Crippen molar-refractivity contribution in [2.24, 2.45) is 7.05 Å². The van der Waals surface area contributed by atoms with Crippen molar-refractivity contribution in [2.75, 3.05) is 33.2 Å². The Balaban J connectivity index is 2.12. The molecule has 5 heteroatoms. The number of aryl methyl sites for hydroxylation is 1. The van der Waals surface area contributed by atoms with Crippen LogP contribution in [0.2, 0.25) is 0 Å². The Labute approximate surface area is 95.9 Å². The highest BCUT2D eigenvalue weighted by Crippen LogP contribution is 2.20. The summed E-state index contributed by atoms with van der Waals surface area (Å²) >= 11 is 0. The van der Waals surface area contributed by atoms with E-state index in [1.807, 2.05) is 11.6 Å². The Morgan fingerprint density at radius 1 is 1.31 bits per heavy atom. The molecule has 1 aromatic rings. The quantitative estimate of drug-likeness (QED) is 0.714. The molecule has 0 spiro atoms. The van der Waals surface area contributed by atoms with Gasteiger partial charge in [-0.3, -0.25) is 4.90 Å². The van der Waals surface area contributed by atoms with Crippen LogP contribution in [-0.2, 0) is 7.05 Å². The van der Waals surface area contributed by atoms with Gasteiger partial charge in [-0.15, -0.1) is 0 Å². The lowest BCUT2D eigenvalue weighted by Gasteiger charge is -2.34. The molecule has 0 amide bonds. The molecule has 0 radical (unpaired) electrons. The lowest BCUT2D eigenvalue weighted by atomic mass is 10.2. The molecular formula is C11H17N5. The summed E-state index contributed by atoms with van der Waals surface area (Å²) in [5.74, 6) is 0. The fraction of sp³-hybridized carbons (Fsp3) is 0.636. The normalized spacial score (nSPS) is 20.6. The van der Waals surface area contributed by atoms with Crippen LogP contribution in [-0.4, -0.2) is 52.6 Å². The first-order chi connectivity index (χ1) is 7.72. The van der Waals surface area contributed by atoms with Crippen LogP contribution in [0.4, 0.5) is 0 Å². The van der Waals surface area contributed by atoms with E-state index in [0.717, 1.165) is 31.9 Å². The van der Waals surface area contributed by atoms with Crippen LogP contribution in [0.1, 0.15) is 11.7 Å². The summed E-state index contributed by atoms with van der Waals surface area (Å²) in [7, 11) is 4.05. The van der Waals surface area contributed by atoms with Crippen LogP contribution in [0.25, 0.3) is 0 Å². The molecule has 1 saturated heterocycles. The van der Waals surface area contributed by atoms with Gasteiger partial charge in [0, 0.05) is 33.2 Å². The molecule has 1 unspecified atom stereocenters. The topological polar surface area (TPSA) is 48.1 Å². The second-order valence-electron chi connectivity index (χ2n) is 4.30. The number of hydrogen-bond donors (Lipinski definition) is 0. The SMILES string of the molecule is CN1CCN(C(C#N)c2cncn2C)CC1. The van der Waals surface area contributed by atoms with Crippen molar-refractivity contribution in [1.29, 1.82) is 5.26 Å². The van der Waals surface area contributed by atoms with Crippen LogP contribution >= 0.6 is 0 Å². The summed E-state index contributed by atoms with van der Waals surface area (Å²) < 4.78 is 1.92. The molecule has 1 aliphatic heterocycles. The molecule has 5 nitrogen and oxygen atoms in total. The first-order valence-corrected chi connectivity index (χ1v) is 5.51.